The molecule has 0 bridgehead atoms. The lowest BCUT2D eigenvalue weighted by Crippen LogP contribution is -2.31. The third-order valence-electron chi connectivity index (χ3n) is 4.22. The van der Waals surface area contributed by atoms with Gasteiger partial charge in [-0.05, 0) is 25.2 Å². The van der Waals surface area contributed by atoms with E-state index >= 15 is 0 Å². The number of hydrogen-bond donors (Lipinski definition) is 2. The Morgan fingerprint density at radius 2 is 1.76 bits per heavy atom. The molecule has 1 unspecified atom stereocenters. The molecule has 1 atom stereocenters. The monoisotopic (exact) mass is 292 g/mol. The minimum absolute atomic E-state index is 0.451. The van der Waals surface area contributed by atoms with Crippen molar-refractivity contribution in [3.8, 4) is 0 Å². The molecule has 0 amide bonds. The van der Waals surface area contributed by atoms with E-state index in [1.807, 2.05) is 26.0 Å². The SMILES string of the molecule is CCC(Nc1nc(NC)nc(N(C)C)n1)C1CCCCC1. The lowest BCUT2D eigenvalue weighted by Gasteiger charge is -2.30. The fraction of sp³-hybridized carbons (Fsp3) is 0.800. The van der Waals surface area contributed by atoms with E-state index in [0.717, 1.165) is 12.3 Å². The van der Waals surface area contributed by atoms with Crippen LogP contribution in [0.15, 0.2) is 0 Å². The summed E-state index contributed by atoms with van der Waals surface area (Å²) in [4.78, 5) is 15.2. The molecule has 0 aromatic carbocycles. The van der Waals surface area contributed by atoms with Crippen molar-refractivity contribution in [2.45, 2.75) is 51.5 Å². The molecule has 1 saturated carbocycles. The van der Waals surface area contributed by atoms with Crippen LogP contribution < -0.4 is 15.5 Å². The van der Waals surface area contributed by atoms with Crippen molar-refractivity contribution in [1.82, 2.24) is 15.0 Å². The molecule has 2 rings (SSSR count). The molecule has 21 heavy (non-hydrogen) atoms. The topological polar surface area (TPSA) is 66.0 Å². The molecule has 1 fully saturated rings. The van der Waals surface area contributed by atoms with Crippen molar-refractivity contribution in [3.05, 3.63) is 0 Å². The van der Waals surface area contributed by atoms with Crippen molar-refractivity contribution in [2.75, 3.05) is 36.7 Å². The van der Waals surface area contributed by atoms with Gasteiger partial charge in [-0.25, -0.2) is 0 Å². The number of nitrogens with one attached hydrogen (secondary N) is 2. The van der Waals surface area contributed by atoms with Crippen molar-refractivity contribution in [2.24, 2.45) is 5.92 Å². The Kier molecular flexibility index (Phi) is 5.59. The average molecular weight is 292 g/mol. The van der Waals surface area contributed by atoms with Gasteiger partial charge in [0, 0.05) is 27.2 Å². The minimum atomic E-state index is 0.451. The Balaban J connectivity index is 2.13. The largest absolute Gasteiger partial charge is 0.357 e. The molecule has 1 aromatic heterocycles. The number of rotatable bonds is 6. The van der Waals surface area contributed by atoms with E-state index in [0.29, 0.717) is 23.9 Å². The summed E-state index contributed by atoms with van der Waals surface area (Å²) in [5, 5.41) is 6.54. The second kappa shape index (κ2) is 7.43. The lowest BCUT2D eigenvalue weighted by atomic mass is 9.83. The van der Waals surface area contributed by atoms with Gasteiger partial charge in [0.25, 0.3) is 0 Å². The molecule has 118 valence electrons. The molecular formula is C15H28N6. The van der Waals surface area contributed by atoms with E-state index in [2.05, 4.69) is 32.5 Å². The number of nitrogens with zero attached hydrogens (tertiary/aromatic N) is 4. The van der Waals surface area contributed by atoms with Gasteiger partial charge in [-0.1, -0.05) is 26.2 Å². The summed E-state index contributed by atoms with van der Waals surface area (Å²) in [6.45, 7) is 2.24. The zero-order valence-electron chi connectivity index (χ0n) is 13.7. The normalized spacial score (nSPS) is 17.3. The smallest absolute Gasteiger partial charge is 0.231 e. The summed E-state index contributed by atoms with van der Waals surface area (Å²) < 4.78 is 0. The molecule has 0 spiro atoms. The highest BCUT2D eigenvalue weighted by atomic mass is 15.3. The second-order valence-corrected chi connectivity index (χ2v) is 5.98. The highest BCUT2D eigenvalue weighted by Crippen LogP contribution is 2.29. The van der Waals surface area contributed by atoms with E-state index < -0.39 is 0 Å². The summed E-state index contributed by atoms with van der Waals surface area (Å²) in [6.07, 6.45) is 7.82. The molecular weight excluding hydrogens is 264 g/mol. The van der Waals surface area contributed by atoms with E-state index in [9.17, 15) is 0 Å². The first-order chi connectivity index (χ1) is 10.1. The zero-order valence-corrected chi connectivity index (χ0v) is 13.7. The Labute approximate surface area is 127 Å². The van der Waals surface area contributed by atoms with Gasteiger partial charge in [0.15, 0.2) is 0 Å². The molecule has 1 aromatic rings. The van der Waals surface area contributed by atoms with E-state index in [-0.39, 0.29) is 0 Å². The average Bonchev–Trinajstić information content (AvgIpc) is 2.53. The summed E-state index contributed by atoms with van der Waals surface area (Å²) in [5.74, 6) is 2.70. The van der Waals surface area contributed by atoms with Gasteiger partial charge in [0.05, 0.1) is 0 Å². The molecule has 1 aliphatic carbocycles. The van der Waals surface area contributed by atoms with Gasteiger partial charge >= 0.3 is 0 Å². The molecule has 0 radical (unpaired) electrons. The number of anilines is 3. The quantitative estimate of drug-likeness (QED) is 0.840. The molecule has 0 saturated heterocycles. The van der Waals surface area contributed by atoms with Crippen molar-refractivity contribution >= 4 is 17.8 Å². The predicted molar refractivity (Wildman–Crippen MR) is 88.0 cm³/mol. The summed E-state index contributed by atoms with van der Waals surface area (Å²) in [5.41, 5.74) is 0. The van der Waals surface area contributed by atoms with Gasteiger partial charge in [-0.15, -0.1) is 0 Å². The lowest BCUT2D eigenvalue weighted by molar-refractivity contribution is 0.312. The van der Waals surface area contributed by atoms with Crippen LogP contribution in [0, 0.1) is 5.92 Å². The van der Waals surface area contributed by atoms with Crippen molar-refractivity contribution in [1.29, 1.82) is 0 Å². The number of hydrogen-bond acceptors (Lipinski definition) is 6. The predicted octanol–water partition coefficient (Wildman–Crippen LogP) is 2.75. The maximum Gasteiger partial charge on any atom is 0.231 e. The fourth-order valence-electron chi connectivity index (χ4n) is 3.00. The van der Waals surface area contributed by atoms with Crippen molar-refractivity contribution < 1.29 is 0 Å². The Hall–Kier alpha value is -1.59. The van der Waals surface area contributed by atoms with Gasteiger partial charge in [0.1, 0.15) is 0 Å². The second-order valence-electron chi connectivity index (χ2n) is 5.98. The number of aromatic nitrogens is 3. The molecule has 1 heterocycles. The van der Waals surface area contributed by atoms with E-state index in [1.165, 1.54) is 32.1 Å². The van der Waals surface area contributed by atoms with Gasteiger partial charge in [-0.2, -0.15) is 15.0 Å². The summed E-state index contributed by atoms with van der Waals surface area (Å²) in [7, 11) is 5.71. The first-order valence-corrected chi connectivity index (χ1v) is 8.01. The van der Waals surface area contributed by atoms with E-state index in [1.54, 1.807) is 0 Å². The van der Waals surface area contributed by atoms with Crippen LogP contribution in [-0.2, 0) is 0 Å². The van der Waals surface area contributed by atoms with Gasteiger partial charge < -0.3 is 15.5 Å². The standard InChI is InChI=1S/C15H28N6/c1-5-12(11-9-7-6-8-10-11)17-14-18-13(16-2)19-15(20-14)21(3)4/h11-12H,5-10H2,1-4H3,(H2,16,17,18,19,20). The Morgan fingerprint density at radius 1 is 1.10 bits per heavy atom. The van der Waals surface area contributed by atoms with Crippen LogP contribution in [0.1, 0.15) is 45.4 Å². The third kappa shape index (κ3) is 4.19. The summed E-state index contributed by atoms with van der Waals surface area (Å²) in [6, 6.07) is 0.451. The van der Waals surface area contributed by atoms with E-state index in [4.69, 9.17) is 0 Å². The molecule has 1 aliphatic rings. The first kappa shape index (κ1) is 15.8. The third-order valence-corrected chi connectivity index (χ3v) is 4.22. The molecule has 6 heteroatoms. The maximum absolute atomic E-state index is 4.52. The van der Waals surface area contributed by atoms with Gasteiger partial charge in [-0.3, -0.25) is 0 Å². The summed E-state index contributed by atoms with van der Waals surface area (Å²) >= 11 is 0. The highest BCUT2D eigenvalue weighted by molar-refractivity contribution is 5.43. The highest BCUT2D eigenvalue weighted by Gasteiger charge is 2.23. The van der Waals surface area contributed by atoms with Crippen LogP contribution in [0.25, 0.3) is 0 Å². The molecule has 2 N–H and O–H groups in total. The zero-order chi connectivity index (χ0) is 15.2. The van der Waals surface area contributed by atoms with Crippen LogP contribution in [0.3, 0.4) is 0 Å². The molecule has 0 aliphatic heterocycles. The minimum Gasteiger partial charge on any atom is -0.357 e. The van der Waals surface area contributed by atoms with Crippen molar-refractivity contribution in [3.63, 3.8) is 0 Å². The fourth-order valence-corrected chi connectivity index (χ4v) is 3.00. The maximum atomic E-state index is 4.52. The van der Waals surface area contributed by atoms with Gasteiger partial charge in [0.2, 0.25) is 17.8 Å². The Bertz CT molecular complexity index is 442. The van der Waals surface area contributed by atoms with Crippen LogP contribution in [0.5, 0.6) is 0 Å². The first-order valence-electron chi connectivity index (χ1n) is 8.01. The van der Waals surface area contributed by atoms with Crippen LogP contribution in [0.4, 0.5) is 17.8 Å². The van der Waals surface area contributed by atoms with Crippen LogP contribution in [-0.4, -0.2) is 42.1 Å². The van der Waals surface area contributed by atoms with Crippen LogP contribution >= 0.6 is 0 Å². The van der Waals surface area contributed by atoms with Crippen LogP contribution in [0.2, 0.25) is 0 Å². The Morgan fingerprint density at radius 3 is 2.33 bits per heavy atom. The molecule has 6 nitrogen and oxygen atoms in total.